The largest absolute Gasteiger partial charge is 0.391 e. The SMILES string of the molecule is CC[C@H](CC(=O)[C@H](C)NC)C(=O)N1C[C@@H](O)C[C@H]1Cc1c(-c2[nH]c3cc(F)ccc3c2C[C@@H]2C[C@H](O)CN2C(=O)[C@H](CC)NC(=O)[C@H](C)CC)[nH]c2cc(F)ccc12. The van der Waals surface area contributed by atoms with Gasteiger partial charge in [-0.25, -0.2) is 8.78 Å². The first kappa shape index (κ1) is 42.9. The Morgan fingerprint density at radius 3 is 1.72 bits per heavy atom. The van der Waals surface area contributed by atoms with Crippen molar-refractivity contribution in [3.8, 4) is 11.4 Å². The Hall–Kier alpha value is -4.66. The lowest BCUT2D eigenvalue weighted by atomic mass is 9.93. The quantitative estimate of drug-likeness (QED) is 0.0912. The number of aliphatic hydroxyl groups is 2. The molecule has 0 bridgehead atoms. The topological polar surface area (TPSA) is 171 Å². The van der Waals surface area contributed by atoms with E-state index < -0.39 is 53.9 Å². The summed E-state index contributed by atoms with van der Waals surface area (Å²) in [6.45, 7) is 9.39. The number of aliphatic hydroxyl groups excluding tert-OH is 2. The molecule has 6 rings (SSSR count). The van der Waals surface area contributed by atoms with Crippen LogP contribution in [0.4, 0.5) is 8.78 Å². The maximum atomic E-state index is 14.8. The first-order valence-electron chi connectivity index (χ1n) is 20.8. The van der Waals surface area contributed by atoms with Crippen LogP contribution < -0.4 is 10.6 Å². The number of likely N-dealkylation sites (N-methyl/N-ethyl adjacent to an activating group) is 1. The van der Waals surface area contributed by atoms with E-state index in [9.17, 15) is 38.2 Å². The van der Waals surface area contributed by atoms with Gasteiger partial charge in [0.25, 0.3) is 0 Å². The van der Waals surface area contributed by atoms with Gasteiger partial charge in [0.2, 0.25) is 17.7 Å². The summed E-state index contributed by atoms with van der Waals surface area (Å²) < 4.78 is 29.6. The predicted octanol–water partition coefficient (Wildman–Crippen LogP) is 5.14. The van der Waals surface area contributed by atoms with Crippen LogP contribution >= 0.6 is 0 Å². The van der Waals surface area contributed by atoms with Gasteiger partial charge in [-0.1, -0.05) is 27.7 Å². The van der Waals surface area contributed by atoms with E-state index in [0.717, 1.165) is 11.1 Å². The van der Waals surface area contributed by atoms with Crippen molar-refractivity contribution in [3.63, 3.8) is 0 Å². The van der Waals surface area contributed by atoms with E-state index >= 15 is 0 Å². The lowest BCUT2D eigenvalue weighted by Crippen LogP contribution is -2.51. The Labute approximate surface area is 338 Å². The van der Waals surface area contributed by atoms with Gasteiger partial charge in [-0.3, -0.25) is 19.2 Å². The summed E-state index contributed by atoms with van der Waals surface area (Å²) in [5.41, 5.74) is 3.70. The molecule has 4 heterocycles. The van der Waals surface area contributed by atoms with Gasteiger partial charge in [-0.2, -0.15) is 0 Å². The molecule has 2 fully saturated rings. The second-order valence-corrected chi connectivity index (χ2v) is 16.4. The molecule has 0 aliphatic carbocycles. The maximum absolute atomic E-state index is 14.8. The summed E-state index contributed by atoms with van der Waals surface area (Å²) in [4.78, 5) is 64.1. The number of Topliss-reactive ketones (excluding diaryl/α,β-unsaturated/α-hetero) is 1. The molecule has 0 saturated carbocycles. The van der Waals surface area contributed by atoms with Crippen molar-refractivity contribution < 1.29 is 38.2 Å². The van der Waals surface area contributed by atoms with Gasteiger partial charge >= 0.3 is 0 Å². The Morgan fingerprint density at radius 1 is 0.776 bits per heavy atom. The summed E-state index contributed by atoms with van der Waals surface area (Å²) in [7, 11) is 1.70. The number of H-pyrrole nitrogens is 2. The molecule has 314 valence electrons. The van der Waals surface area contributed by atoms with E-state index in [-0.39, 0.29) is 68.2 Å². The lowest BCUT2D eigenvalue weighted by Gasteiger charge is -2.30. The molecule has 2 aromatic carbocycles. The van der Waals surface area contributed by atoms with Crippen molar-refractivity contribution in [2.45, 2.75) is 122 Å². The molecule has 12 nitrogen and oxygen atoms in total. The van der Waals surface area contributed by atoms with Crippen molar-refractivity contribution in [3.05, 3.63) is 59.2 Å². The fourth-order valence-corrected chi connectivity index (χ4v) is 8.75. The van der Waals surface area contributed by atoms with Gasteiger partial charge in [0.15, 0.2) is 0 Å². The van der Waals surface area contributed by atoms with Gasteiger partial charge in [0, 0.05) is 65.2 Å². The fourth-order valence-electron chi connectivity index (χ4n) is 8.75. The third kappa shape index (κ3) is 8.84. The van der Waals surface area contributed by atoms with Gasteiger partial charge in [0.1, 0.15) is 23.5 Å². The molecule has 2 aliphatic heterocycles. The molecule has 2 aromatic heterocycles. The molecular formula is C44H58F2N6O6. The molecule has 6 N–H and O–H groups in total. The van der Waals surface area contributed by atoms with Gasteiger partial charge < -0.3 is 40.6 Å². The number of benzene rings is 2. The highest BCUT2D eigenvalue weighted by Gasteiger charge is 2.41. The van der Waals surface area contributed by atoms with Crippen LogP contribution in [0.25, 0.3) is 33.2 Å². The Balaban J connectivity index is 1.40. The van der Waals surface area contributed by atoms with Gasteiger partial charge in [0.05, 0.1) is 29.6 Å². The zero-order valence-electron chi connectivity index (χ0n) is 34.3. The van der Waals surface area contributed by atoms with Crippen LogP contribution in [0, 0.1) is 23.5 Å². The van der Waals surface area contributed by atoms with Crippen LogP contribution in [0.2, 0.25) is 0 Å². The number of carbonyl (C=O) groups excluding carboxylic acids is 4. The van der Waals surface area contributed by atoms with Crippen molar-refractivity contribution in [2.75, 3.05) is 20.1 Å². The predicted molar refractivity (Wildman–Crippen MR) is 219 cm³/mol. The zero-order chi connectivity index (χ0) is 42.0. The first-order valence-corrected chi connectivity index (χ1v) is 20.8. The highest BCUT2D eigenvalue weighted by molar-refractivity contribution is 5.97. The molecule has 58 heavy (non-hydrogen) atoms. The summed E-state index contributed by atoms with van der Waals surface area (Å²) in [5, 5.41) is 29.2. The number of ketones is 1. The second kappa shape index (κ2) is 18.1. The first-order chi connectivity index (χ1) is 27.7. The Kier molecular flexibility index (Phi) is 13.4. The molecule has 0 unspecified atom stereocenters. The third-order valence-corrected chi connectivity index (χ3v) is 12.5. The smallest absolute Gasteiger partial charge is 0.245 e. The normalized spacial score (nSPS) is 21.8. The number of nitrogens with one attached hydrogen (secondary N) is 4. The highest BCUT2D eigenvalue weighted by Crippen LogP contribution is 2.40. The van der Waals surface area contributed by atoms with E-state index in [0.29, 0.717) is 58.9 Å². The summed E-state index contributed by atoms with van der Waals surface area (Å²) >= 11 is 0. The van der Waals surface area contributed by atoms with E-state index in [1.807, 2.05) is 27.7 Å². The van der Waals surface area contributed by atoms with Crippen molar-refractivity contribution in [1.82, 2.24) is 30.4 Å². The number of β-amino-alcohol motifs (C(OH)–C–C–N with tert-alkyl or cyclic N) is 2. The minimum atomic E-state index is -0.796. The summed E-state index contributed by atoms with van der Waals surface area (Å²) in [6.07, 6.45) is 1.07. The van der Waals surface area contributed by atoms with Crippen LogP contribution in [0.3, 0.4) is 0 Å². The van der Waals surface area contributed by atoms with Gasteiger partial charge in [-0.15, -0.1) is 0 Å². The van der Waals surface area contributed by atoms with Crippen molar-refractivity contribution >= 4 is 45.3 Å². The van der Waals surface area contributed by atoms with Crippen LogP contribution in [-0.2, 0) is 32.0 Å². The average Bonchev–Trinajstić information content (AvgIpc) is 3.96. The summed E-state index contributed by atoms with van der Waals surface area (Å²) in [5.74, 6) is -2.51. The number of aromatic amines is 2. The van der Waals surface area contributed by atoms with E-state index in [1.54, 1.807) is 35.9 Å². The number of nitrogens with zero attached hydrogens (tertiary/aromatic N) is 2. The van der Waals surface area contributed by atoms with E-state index in [1.165, 1.54) is 24.3 Å². The standard InChI is InChI=1S/C44H58F2N6O6/c1-7-23(4)42(56)50-36(9-3)44(58)52-22-31(54)18-29(52)20-35-33-13-11-27(46)16-38(33)49-41(35)40-34(32-12-10-26(45)15-37(32)48-40)19-28-17-30(53)21-51(28)43(57)25(8-2)14-39(55)24(5)47-6/h10-13,15-16,23-25,28-31,36,47-49,53-54H,7-9,14,17-22H2,1-6H3,(H,50,56)/t23-,24+,25-,28+,29+,30+,31+,36+/m1/s1. The lowest BCUT2D eigenvalue weighted by molar-refractivity contribution is -0.139. The second-order valence-electron chi connectivity index (χ2n) is 16.4. The molecule has 0 spiro atoms. The molecule has 8 atom stereocenters. The van der Waals surface area contributed by atoms with E-state index in [4.69, 9.17) is 0 Å². The Bertz CT molecular complexity index is 2000. The molecule has 3 amide bonds. The number of hydrogen-bond acceptors (Lipinski definition) is 7. The number of aromatic nitrogens is 2. The fraction of sp³-hybridized carbons (Fsp3) is 0.545. The minimum absolute atomic E-state index is 0.0705. The number of likely N-dealkylation sites (tertiary alicyclic amines) is 2. The van der Waals surface area contributed by atoms with Crippen molar-refractivity contribution in [1.29, 1.82) is 0 Å². The number of rotatable bonds is 16. The highest BCUT2D eigenvalue weighted by atomic mass is 19.1. The van der Waals surface area contributed by atoms with Crippen LogP contribution in [0.1, 0.15) is 84.3 Å². The number of hydrogen-bond donors (Lipinski definition) is 6. The molecule has 14 heteroatoms. The number of amides is 3. The monoisotopic (exact) mass is 804 g/mol. The summed E-state index contributed by atoms with van der Waals surface area (Å²) in [6, 6.07) is 6.78. The third-order valence-electron chi connectivity index (χ3n) is 12.5. The average molecular weight is 805 g/mol. The van der Waals surface area contributed by atoms with Crippen LogP contribution in [-0.4, -0.2) is 110 Å². The van der Waals surface area contributed by atoms with E-state index in [2.05, 4.69) is 20.6 Å². The zero-order valence-corrected chi connectivity index (χ0v) is 34.3. The molecule has 2 aliphatic rings. The molecular weight excluding hydrogens is 747 g/mol. The van der Waals surface area contributed by atoms with Crippen LogP contribution in [0.15, 0.2) is 36.4 Å². The Morgan fingerprint density at radius 2 is 1.28 bits per heavy atom. The minimum Gasteiger partial charge on any atom is -0.391 e. The molecule has 4 aromatic rings. The molecule has 2 saturated heterocycles. The maximum Gasteiger partial charge on any atom is 0.245 e. The van der Waals surface area contributed by atoms with Gasteiger partial charge in [-0.05, 0) is 106 Å². The van der Waals surface area contributed by atoms with Crippen molar-refractivity contribution in [2.24, 2.45) is 11.8 Å². The van der Waals surface area contributed by atoms with Crippen LogP contribution in [0.5, 0.6) is 0 Å². The molecule has 0 radical (unpaired) electrons. The number of halogens is 2. The number of carbonyl (C=O) groups is 4. The number of fused-ring (bicyclic) bond motifs is 2.